The van der Waals surface area contributed by atoms with E-state index >= 15 is 0 Å². The summed E-state index contributed by atoms with van der Waals surface area (Å²) in [4.78, 5) is 12.4. The number of aryl methyl sites for hydroxylation is 2. The minimum absolute atomic E-state index is 0. The monoisotopic (exact) mass is 414 g/mol. The first-order valence-corrected chi connectivity index (χ1v) is 9.37. The van der Waals surface area contributed by atoms with Gasteiger partial charge in [-0.25, -0.2) is 0 Å². The molecule has 2 saturated carbocycles. The van der Waals surface area contributed by atoms with Gasteiger partial charge in [-0.1, -0.05) is 17.4 Å². The van der Waals surface area contributed by atoms with Gasteiger partial charge in [0, 0.05) is 17.5 Å². The maximum absolute atomic E-state index is 12.4. The Labute approximate surface area is 170 Å². The number of nitrogens with zero attached hydrogens (tertiary/aromatic N) is 2. The number of halogens is 2. The quantitative estimate of drug-likeness (QED) is 0.745. The smallest absolute Gasteiger partial charge is 0.257 e. The van der Waals surface area contributed by atoms with Gasteiger partial charge in [0.1, 0.15) is 5.01 Å². The van der Waals surface area contributed by atoms with Crippen molar-refractivity contribution >= 4 is 47.2 Å². The summed E-state index contributed by atoms with van der Waals surface area (Å²) < 4.78 is 0. The van der Waals surface area contributed by atoms with Crippen molar-refractivity contribution in [1.29, 1.82) is 0 Å². The highest BCUT2D eigenvalue weighted by atomic mass is 35.5. The van der Waals surface area contributed by atoms with Gasteiger partial charge in [0.15, 0.2) is 0 Å². The molecule has 26 heavy (non-hydrogen) atoms. The van der Waals surface area contributed by atoms with Gasteiger partial charge in [-0.3, -0.25) is 10.1 Å². The van der Waals surface area contributed by atoms with Crippen LogP contribution in [0.25, 0.3) is 0 Å². The molecular formula is C18H24Cl2N4OS. The van der Waals surface area contributed by atoms with Crippen LogP contribution in [0.15, 0.2) is 18.2 Å². The van der Waals surface area contributed by atoms with Gasteiger partial charge in [0.2, 0.25) is 5.13 Å². The number of carbonyl (C=O) groups excluding carboxylic acids is 1. The second kappa shape index (κ2) is 8.65. The molecule has 2 atom stereocenters. The van der Waals surface area contributed by atoms with Crippen LogP contribution in [0.4, 0.5) is 5.13 Å². The first-order valence-electron chi connectivity index (χ1n) is 8.55. The summed E-state index contributed by atoms with van der Waals surface area (Å²) in [5, 5.41) is 15.8. The molecule has 0 bridgehead atoms. The van der Waals surface area contributed by atoms with E-state index in [1.165, 1.54) is 41.7 Å². The molecule has 8 heteroatoms. The molecule has 5 nitrogen and oxygen atoms in total. The fraction of sp³-hybridized carbons (Fsp3) is 0.500. The van der Waals surface area contributed by atoms with E-state index in [4.69, 9.17) is 0 Å². The zero-order chi connectivity index (χ0) is 16.7. The standard InChI is InChI=1S/C18H22N4OS.2ClH/c1-10-3-6-13(17(23)20-18-22-21-11(2)24-18)7-14(10)15-8-16(15)19-9-12-4-5-12;;/h3,6-7,12,15-16,19H,4-5,8-9H2,1-2H3,(H,20,22,23);2*1H/t15-,16+;;/m0../s1. The van der Waals surface area contributed by atoms with Crippen molar-refractivity contribution in [3.63, 3.8) is 0 Å². The van der Waals surface area contributed by atoms with Crippen LogP contribution in [0, 0.1) is 19.8 Å². The van der Waals surface area contributed by atoms with E-state index < -0.39 is 0 Å². The van der Waals surface area contributed by atoms with E-state index in [0.717, 1.165) is 17.5 Å². The highest BCUT2D eigenvalue weighted by molar-refractivity contribution is 7.15. The summed E-state index contributed by atoms with van der Waals surface area (Å²) in [6, 6.07) is 6.55. The van der Waals surface area contributed by atoms with Gasteiger partial charge in [-0.05, 0) is 68.8 Å². The molecule has 2 aliphatic rings. The van der Waals surface area contributed by atoms with Gasteiger partial charge < -0.3 is 5.32 Å². The van der Waals surface area contributed by atoms with Crippen LogP contribution in [0.1, 0.15) is 51.7 Å². The molecule has 0 unspecified atom stereocenters. The van der Waals surface area contributed by atoms with Crippen LogP contribution in [-0.2, 0) is 0 Å². The molecule has 4 rings (SSSR count). The number of anilines is 1. The van der Waals surface area contributed by atoms with Crippen molar-refractivity contribution in [2.75, 3.05) is 11.9 Å². The predicted molar refractivity (Wildman–Crippen MR) is 110 cm³/mol. The van der Waals surface area contributed by atoms with E-state index in [9.17, 15) is 4.79 Å². The Bertz CT molecular complexity index is 778. The lowest BCUT2D eigenvalue weighted by Gasteiger charge is -2.09. The Kier molecular flexibility index (Phi) is 7.02. The lowest BCUT2D eigenvalue weighted by atomic mass is 10.0. The predicted octanol–water partition coefficient (Wildman–Crippen LogP) is 4.11. The molecule has 0 aliphatic heterocycles. The molecule has 0 saturated heterocycles. The third-order valence-electron chi connectivity index (χ3n) is 4.84. The summed E-state index contributed by atoms with van der Waals surface area (Å²) in [5.41, 5.74) is 3.25. The Morgan fingerprint density at radius 3 is 2.65 bits per heavy atom. The number of carbonyl (C=O) groups is 1. The fourth-order valence-electron chi connectivity index (χ4n) is 3.10. The summed E-state index contributed by atoms with van der Waals surface area (Å²) in [5.74, 6) is 1.33. The lowest BCUT2D eigenvalue weighted by molar-refractivity contribution is 0.102. The van der Waals surface area contributed by atoms with Crippen LogP contribution < -0.4 is 10.6 Å². The molecule has 2 N–H and O–H groups in total. The van der Waals surface area contributed by atoms with Crippen molar-refractivity contribution in [3.05, 3.63) is 39.9 Å². The Balaban J connectivity index is 0.00000121. The van der Waals surface area contributed by atoms with Gasteiger partial charge >= 0.3 is 0 Å². The SMILES string of the molecule is Cc1nnc(NC(=O)c2ccc(C)c([C@@H]3C[C@H]3NCC3CC3)c2)s1.Cl.Cl. The van der Waals surface area contributed by atoms with Gasteiger partial charge in [0.25, 0.3) is 5.91 Å². The lowest BCUT2D eigenvalue weighted by Crippen LogP contribution is -2.20. The molecule has 1 amide bonds. The molecule has 1 aromatic carbocycles. The summed E-state index contributed by atoms with van der Waals surface area (Å²) in [7, 11) is 0. The van der Waals surface area contributed by atoms with Crippen LogP contribution in [-0.4, -0.2) is 28.7 Å². The maximum atomic E-state index is 12.4. The minimum Gasteiger partial charge on any atom is -0.313 e. The number of amides is 1. The van der Waals surface area contributed by atoms with Gasteiger partial charge in [-0.15, -0.1) is 35.0 Å². The average Bonchev–Trinajstić information content (AvgIpc) is 3.46. The zero-order valence-electron chi connectivity index (χ0n) is 14.8. The summed E-state index contributed by atoms with van der Waals surface area (Å²) in [6.07, 6.45) is 3.93. The minimum atomic E-state index is -0.115. The fourth-order valence-corrected chi connectivity index (χ4v) is 3.69. The maximum Gasteiger partial charge on any atom is 0.257 e. The molecule has 0 spiro atoms. The van der Waals surface area contributed by atoms with Crippen molar-refractivity contribution in [3.8, 4) is 0 Å². The number of hydrogen-bond donors (Lipinski definition) is 2. The van der Waals surface area contributed by atoms with Crippen LogP contribution >= 0.6 is 36.2 Å². The molecule has 2 fully saturated rings. The third kappa shape index (κ3) is 4.94. The van der Waals surface area contributed by atoms with Gasteiger partial charge in [0.05, 0.1) is 0 Å². The first kappa shape index (κ1) is 21.1. The number of rotatable bonds is 6. The highest BCUT2D eigenvalue weighted by Crippen LogP contribution is 2.43. The zero-order valence-corrected chi connectivity index (χ0v) is 17.3. The number of hydrogen-bond acceptors (Lipinski definition) is 5. The second-order valence-corrected chi connectivity index (χ2v) is 8.13. The number of nitrogens with one attached hydrogen (secondary N) is 2. The van der Waals surface area contributed by atoms with Crippen LogP contribution in [0.5, 0.6) is 0 Å². The summed E-state index contributed by atoms with van der Waals surface area (Å²) >= 11 is 1.39. The third-order valence-corrected chi connectivity index (χ3v) is 5.60. The molecule has 1 heterocycles. The van der Waals surface area contributed by atoms with Crippen molar-refractivity contribution < 1.29 is 4.79 Å². The highest BCUT2D eigenvalue weighted by Gasteiger charge is 2.40. The van der Waals surface area contributed by atoms with E-state index in [0.29, 0.717) is 22.7 Å². The van der Waals surface area contributed by atoms with Crippen molar-refractivity contribution in [2.24, 2.45) is 5.92 Å². The van der Waals surface area contributed by atoms with Crippen molar-refractivity contribution in [1.82, 2.24) is 15.5 Å². The normalized spacial score (nSPS) is 20.7. The van der Waals surface area contributed by atoms with Crippen LogP contribution in [0.3, 0.4) is 0 Å². The van der Waals surface area contributed by atoms with E-state index in [2.05, 4.69) is 27.8 Å². The van der Waals surface area contributed by atoms with Crippen molar-refractivity contribution in [2.45, 2.75) is 45.1 Å². The molecule has 2 aromatic rings. The van der Waals surface area contributed by atoms with E-state index in [1.54, 1.807) is 0 Å². The Morgan fingerprint density at radius 1 is 1.23 bits per heavy atom. The first-order chi connectivity index (χ1) is 11.6. The molecule has 1 aromatic heterocycles. The van der Waals surface area contributed by atoms with Crippen LogP contribution in [0.2, 0.25) is 0 Å². The molecule has 0 radical (unpaired) electrons. The van der Waals surface area contributed by atoms with E-state index in [1.807, 2.05) is 25.1 Å². The average molecular weight is 415 g/mol. The van der Waals surface area contributed by atoms with E-state index in [-0.39, 0.29) is 30.7 Å². The second-order valence-electron chi connectivity index (χ2n) is 6.95. The van der Waals surface area contributed by atoms with Gasteiger partial charge in [-0.2, -0.15) is 0 Å². The topological polar surface area (TPSA) is 66.9 Å². The summed E-state index contributed by atoms with van der Waals surface area (Å²) in [6.45, 7) is 5.15. The Morgan fingerprint density at radius 2 is 2.00 bits per heavy atom. The molecular weight excluding hydrogens is 391 g/mol. The largest absolute Gasteiger partial charge is 0.313 e. The molecule has 2 aliphatic carbocycles. The number of benzene rings is 1. The molecule has 142 valence electrons. The number of aromatic nitrogens is 2. The Hall–Kier alpha value is -1.21.